The molecule has 1 amide bonds. The molecule has 11 heteroatoms. The lowest BCUT2D eigenvalue weighted by Gasteiger charge is -2.46. The van der Waals surface area contributed by atoms with Gasteiger partial charge < -0.3 is 29.0 Å². The number of benzene rings is 1. The van der Waals surface area contributed by atoms with Crippen molar-refractivity contribution in [2.24, 2.45) is 0 Å². The number of amides is 1. The van der Waals surface area contributed by atoms with Gasteiger partial charge in [0.05, 0.1) is 13.7 Å². The molecule has 0 spiro atoms. The Morgan fingerprint density at radius 1 is 0.935 bits per heavy atom. The molecule has 11 nitrogen and oxygen atoms in total. The lowest BCUT2D eigenvalue weighted by Crippen LogP contribution is -2.73. The van der Waals surface area contributed by atoms with Crippen molar-refractivity contribution < 1.29 is 47.7 Å². The number of ether oxygens (including phenoxy) is 5. The zero-order valence-electron chi connectivity index (χ0n) is 17.4. The van der Waals surface area contributed by atoms with Crippen LogP contribution in [0.15, 0.2) is 30.3 Å². The zero-order chi connectivity index (χ0) is 23.2. The van der Waals surface area contributed by atoms with E-state index in [-0.39, 0.29) is 5.56 Å². The first-order valence-electron chi connectivity index (χ1n) is 9.22. The molecule has 0 unspecified atom stereocenters. The Hall–Kier alpha value is -3.47. The molecule has 0 radical (unpaired) electrons. The van der Waals surface area contributed by atoms with Gasteiger partial charge in [-0.05, 0) is 12.1 Å². The van der Waals surface area contributed by atoms with Gasteiger partial charge >= 0.3 is 23.9 Å². The van der Waals surface area contributed by atoms with Crippen LogP contribution in [0, 0.1) is 0 Å². The fourth-order valence-corrected chi connectivity index (χ4v) is 3.10. The van der Waals surface area contributed by atoms with Gasteiger partial charge in [0.25, 0.3) is 11.6 Å². The third-order valence-corrected chi connectivity index (χ3v) is 4.28. The minimum atomic E-state index is -2.38. The number of esters is 4. The van der Waals surface area contributed by atoms with Crippen LogP contribution in [-0.2, 0) is 42.9 Å². The Labute approximate surface area is 177 Å². The third kappa shape index (κ3) is 5.57. The Morgan fingerprint density at radius 3 is 2.03 bits per heavy atom. The van der Waals surface area contributed by atoms with Crippen LogP contribution in [-0.4, -0.2) is 67.5 Å². The number of nitrogens with one attached hydrogen (secondary N) is 1. The number of hydrogen-bond acceptors (Lipinski definition) is 10. The molecule has 0 aliphatic carbocycles. The molecule has 1 saturated heterocycles. The van der Waals surface area contributed by atoms with Crippen molar-refractivity contribution in [3.63, 3.8) is 0 Å². The first-order chi connectivity index (χ1) is 14.6. The van der Waals surface area contributed by atoms with Crippen molar-refractivity contribution >= 4 is 29.8 Å². The van der Waals surface area contributed by atoms with Gasteiger partial charge in [-0.25, -0.2) is 4.79 Å². The molecular formula is C20H23NO10. The normalized spacial score (nSPS) is 25.0. The van der Waals surface area contributed by atoms with E-state index in [1.54, 1.807) is 18.2 Å². The highest BCUT2D eigenvalue weighted by atomic mass is 16.7. The summed E-state index contributed by atoms with van der Waals surface area (Å²) < 4.78 is 26.0. The summed E-state index contributed by atoms with van der Waals surface area (Å²) in [6.45, 7) is 2.76. The number of carbonyl (C=O) groups is 5. The lowest BCUT2D eigenvalue weighted by atomic mass is 9.92. The van der Waals surface area contributed by atoms with Crippen molar-refractivity contribution in [2.75, 3.05) is 13.7 Å². The summed E-state index contributed by atoms with van der Waals surface area (Å²) in [6.07, 6.45) is -4.43. The molecule has 0 saturated carbocycles. The van der Waals surface area contributed by atoms with Crippen molar-refractivity contribution in [2.45, 2.75) is 44.8 Å². The van der Waals surface area contributed by atoms with Crippen LogP contribution in [0.4, 0.5) is 0 Å². The average molecular weight is 437 g/mol. The number of hydrogen-bond donors (Lipinski definition) is 1. The predicted molar refractivity (Wildman–Crippen MR) is 101 cm³/mol. The van der Waals surface area contributed by atoms with E-state index >= 15 is 0 Å². The van der Waals surface area contributed by atoms with Crippen LogP contribution in [0.5, 0.6) is 0 Å². The number of carbonyl (C=O) groups excluding carboxylic acids is 5. The van der Waals surface area contributed by atoms with Crippen LogP contribution in [0.1, 0.15) is 31.1 Å². The van der Waals surface area contributed by atoms with Crippen LogP contribution >= 0.6 is 0 Å². The summed E-state index contributed by atoms with van der Waals surface area (Å²) in [5, 5.41) is 2.39. The van der Waals surface area contributed by atoms with Crippen molar-refractivity contribution in [3.05, 3.63) is 35.9 Å². The molecule has 1 fully saturated rings. The maximum Gasteiger partial charge on any atom is 0.363 e. The second-order valence-corrected chi connectivity index (χ2v) is 6.61. The molecule has 1 aliphatic rings. The van der Waals surface area contributed by atoms with E-state index in [1.165, 1.54) is 12.1 Å². The molecule has 2 rings (SSSR count). The van der Waals surface area contributed by atoms with E-state index in [1.807, 2.05) is 0 Å². The topological polar surface area (TPSA) is 144 Å². The molecule has 1 N–H and O–H groups in total. The molecule has 1 aromatic carbocycles. The van der Waals surface area contributed by atoms with E-state index in [0.717, 1.165) is 27.9 Å². The minimum absolute atomic E-state index is 0.169. The molecule has 168 valence electrons. The summed E-state index contributed by atoms with van der Waals surface area (Å²) in [7, 11) is 1.03. The minimum Gasteiger partial charge on any atom is -0.465 e. The van der Waals surface area contributed by atoms with E-state index in [9.17, 15) is 24.0 Å². The summed E-state index contributed by atoms with van der Waals surface area (Å²) >= 11 is 0. The Bertz CT molecular complexity index is 855. The second kappa shape index (κ2) is 10.0. The molecule has 31 heavy (non-hydrogen) atoms. The average Bonchev–Trinajstić information content (AvgIpc) is 2.71. The molecule has 1 aromatic rings. The zero-order valence-corrected chi connectivity index (χ0v) is 17.4. The fourth-order valence-electron chi connectivity index (χ4n) is 3.10. The van der Waals surface area contributed by atoms with E-state index in [0.29, 0.717) is 0 Å². The molecule has 1 aliphatic heterocycles. The molecule has 0 aromatic heterocycles. The van der Waals surface area contributed by atoms with Gasteiger partial charge in [-0.2, -0.15) is 0 Å². The molecule has 1 heterocycles. The van der Waals surface area contributed by atoms with Gasteiger partial charge in [0.1, 0.15) is 0 Å². The smallest absolute Gasteiger partial charge is 0.363 e. The SMILES string of the molecule is COC(=O)[C@]1(NC(=O)c2ccccc2)OC[C@H](OC(C)=O)[C@@H](OC(C)=O)[C@H]1OC(C)=O. The predicted octanol–water partition coefficient (Wildman–Crippen LogP) is 0.111. The summed E-state index contributed by atoms with van der Waals surface area (Å²) in [5.74, 6) is -4.30. The highest BCUT2D eigenvalue weighted by Crippen LogP contribution is 2.32. The van der Waals surface area contributed by atoms with Crippen LogP contribution in [0.3, 0.4) is 0 Å². The van der Waals surface area contributed by atoms with Crippen LogP contribution < -0.4 is 5.32 Å². The number of rotatable bonds is 6. The fraction of sp³-hybridized carbons (Fsp3) is 0.450. The lowest BCUT2D eigenvalue weighted by molar-refractivity contribution is -0.262. The standard InChI is InChI=1S/C20H23NO10/c1-11(22)29-15-10-28-20(19(26)27-4,21-18(25)14-8-6-5-7-9-14)17(31-13(3)24)16(15)30-12(2)23/h5-9,15-17H,10H2,1-4H3,(H,21,25)/t15-,16+,17+,20+/m0/s1. The van der Waals surface area contributed by atoms with Crippen molar-refractivity contribution in [1.82, 2.24) is 5.32 Å². The first-order valence-corrected chi connectivity index (χ1v) is 9.22. The van der Waals surface area contributed by atoms with E-state index in [4.69, 9.17) is 23.7 Å². The first kappa shape index (κ1) is 23.8. The maximum atomic E-state index is 12.8. The quantitative estimate of drug-likeness (QED) is 0.481. The summed E-state index contributed by atoms with van der Waals surface area (Å²) in [5.41, 5.74) is -2.22. The third-order valence-electron chi connectivity index (χ3n) is 4.28. The summed E-state index contributed by atoms with van der Waals surface area (Å²) in [6, 6.07) is 7.85. The van der Waals surface area contributed by atoms with E-state index in [2.05, 4.69) is 5.32 Å². The van der Waals surface area contributed by atoms with Gasteiger partial charge in [0.2, 0.25) is 6.10 Å². The van der Waals surface area contributed by atoms with E-state index < -0.39 is 60.4 Å². The second-order valence-electron chi connectivity index (χ2n) is 6.61. The van der Waals surface area contributed by atoms with Crippen molar-refractivity contribution in [3.8, 4) is 0 Å². The van der Waals surface area contributed by atoms with Gasteiger partial charge in [0.15, 0.2) is 12.2 Å². The van der Waals surface area contributed by atoms with Gasteiger partial charge in [0, 0.05) is 26.3 Å². The monoisotopic (exact) mass is 437 g/mol. The van der Waals surface area contributed by atoms with Gasteiger partial charge in [-0.3, -0.25) is 19.2 Å². The van der Waals surface area contributed by atoms with Gasteiger partial charge in [-0.1, -0.05) is 18.2 Å². The summed E-state index contributed by atoms with van der Waals surface area (Å²) in [4.78, 5) is 60.7. The molecular weight excluding hydrogens is 414 g/mol. The molecule has 4 atom stereocenters. The Balaban J connectivity index is 2.55. The van der Waals surface area contributed by atoms with Crippen LogP contribution in [0.2, 0.25) is 0 Å². The highest BCUT2D eigenvalue weighted by molar-refractivity contribution is 5.98. The highest BCUT2D eigenvalue weighted by Gasteiger charge is 2.62. The number of methoxy groups -OCH3 is 1. The maximum absolute atomic E-state index is 12.8. The molecule has 0 bridgehead atoms. The van der Waals surface area contributed by atoms with Crippen molar-refractivity contribution in [1.29, 1.82) is 0 Å². The largest absolute Gasteiger partial charge is 0.465 e. The van der Waals surface area contributed by atoms with Crippen LogP contribution in [0.25, 0.3) is 0 Å². The Morgan fingerprint density at radius 2 is 1.52 bits per heavy atom. The van der Waals surface area contributed by atoms with Gasteiger partial charge in [-0.15, -0.1) is 0 Å². The Kier molecular flexibility index (Phi) is 7.70.